The molecule has 6 heteroatoms. The van der Waals surface area contributed by atoms with Crippen LogP contribution >= 0.6 is 0 Å². The van der Waals surface area contributed by atoms with Crippen molar-refractivity contribution < 1.29 is 0 Å². The Morgan fingerprint density at radius 3 is 2.93 bits per heavy atom. The van der Waals surface area contributed by atoms with Crippen LogP contribution in [0.1, 0.15) is 11.4 Å². The molecule has 0 saturated heterocycles. The van der Waals surface area contributed by atoms with Crippen molar-refractivity contribution in [2.24, 2.45) is 12.8 Å². The fourth-order valence-corrected chi connectivity index (χ4v) is 1.29. The van der Waals surface area contributed by atoms with Crippen LogP contribution in [0.3, 0.4) is 0 Å². The van der Waals surface area contributed by atoms with E-state index in [2.05, 4.69) is 15.3 Å². The molecule has 0 amide bonds. The zero-order valence-electron chi connectivity index (χ0n) is 7.96. The first-order chi connectivity index (χ1) is 6.79. The van der Waals surface area contributed by atoms with Gasteiger partial charge in [0, 0.05) is 19.8 Å². The Labute approximate surface area is 81.3 Å². The number of aryl methyl sites for hydroxylation is 1. The highest BCUT2D eigenvalue weighted by Crippen LogP contribution is 2.01. The molecule has 0 aliphatic heterocycles. The third kappa shape index (κ3) is 1.64. The highest BCUT2D eigenvalue weighted by atomic mass is 15.5. The third-order valence-electron chi connectivity index (χ3n) is 1.97. The average Bonchev–Trinajstić information content (AvgIpc) is 2.76. The van der Waals surface area contributed by atoms with Crippen LogP contribution in [0.5, 0.6) is 0 Å². The number of rotatable bonds is 3. The molecule has 2 aromatic heterocycles. The molecule has 0 saturated carbocycles. The average molecular weight is 192 g/mol. The molecule has 0 atom stereocenters. The van der Waals surface area contributed by atoms with E-state index in [1.54, 1.807) is 19.4 Å². The molecule has 0 aliphatic carbocycles. The van der Waals surface area contributed by atoms with Crippen LogP contribution in [0, 0.1) is 0 Å². The largest absolute Gasteiger partial charge is 0.325 e. The van der Waals surface area contributed by atoms with Gasteiger partial charge in [-0.1, -0.05) is 0 Å². The van der Waals surface area contributed by atoms with Gasteiger partial charge in [0.2, 0.25) is 0 Å². The molecule has 2 aromatic rings. The van der Waals surface area contributed by atoms with E-state index < -0.39 is 0 Å². The van der Waals surface area contributed by atoms with Gasteiger partial charge in [0.1, 0.15) is 5.69 Å². The van der Waals surface area contributed by atoms with E-state index in [0.29, 0.717) is 13.1 Å². The molecule has 0 unspecified atom stereocenters. The standard InChI is InChI=1S/C8H12N6/c1-13-11-5-7(12-13)6-14-8(4-9)2-3-10-14/h2-3,5H,4,6,9H2,1H3. The molecule has 0 aliphatic rings. The summed E-state index contributed by atoms with van der Waals surface area (Å²) >= 11 is 0. The summed E-state index contributed by atoms with van der Waals surface area (Å²) in [5.41, 5.74) is 7.43. The highest BCUT2D eigenvalue weighted by molar-refractivity contribution is 5.03. The van der Waals surface area contributed by atoms with Gasteiger partial charge >= 0.3 is 0 Å². The van der Waals surface area contributed by atoms with Gasteiger partial charge in [-0.25, -0.2) is 0 Å². The number of hydrogen-bond donors (Lipinski definition) is 1. The van der Waals surface area contributed by atoms with Crippen molar-refractivity contribution in [1.29, 1.82) is 0 Å². The lowest BCUT2D eigenvalue weighted by molar-refractivity contribution is 0.605. The van der Waals surface area contributed by atoms with Crippen LogP contribution in [-0.4, -0.2) is 24.8 Å². The lowest BCUT2D eigenvalue weighted by atomic mass is 10.4. The Bertz CT molecular complexity index is 415. The molecule has 0 bridgehead atoms. The SMILES string of the molecule is Cn1ncc(Cn2nccc2CN)n1. The van der Waals surface area contributed by atoms with Crippen molar-refractivity contribution in [2.75, 3.05) is 0 Å². The second kappa shape index (κ2) is 3.59. The minimum atomic E-state index is 0.486. The van der Waals surface area contributed by atoms with Crippen LogP contribution in [0.4, 0.5) is 0 Å². The monoisotopic (exact) mass is 192 g/mol. The summed E-state index contributed by atoms with van der Waals surface area (Å²) in [6.07, 6.45) is 3.46. The lowest BCUT2D eigenvalue weighted by Crippen LogP contribution is -2.10. The van der Waals surface area contributed by atoms with Gasteiger partial charge in [0.05, 0.1) is 18.4 Å². The van der Waals surface area contributed by atoms with Gasteiger partial charge in [-0.05, 0) is 6.07 Å². The summed E-state index contributed by atoms with van der Waals surface area (Å²) in [7, 11) is 1.79. The Hall–Kier alpha value is -1.69. The molecule has 2 heterocycles. The van der Waals surface area contributed by atoms with Crippen molar-refractivity contribution in [3.8, 4) is 0 Å². The summed E-state index contributed by atoms with van der Waals surface area (Å²) in [6, 6.07) is 1.90. The van der Waals surface area contributed by atoms with Crippen molar-refractivity contribution >= 4 is 0 Å². The lowest BCUT2D eigenvalue weighted by Gasteiger charge is -2.01. The normalized spacial score (nSPS) is 10.7. The van der Waals surface area contributed by atoms with Gasteiger partial charge in [-0.3, -0.25) is 4.68 Å². The van der Waals surface area contributed by atoms with E-state index in [0.717, 1.165) is 11.4 Å². The second-order valence-corrected chi connectivity index (χ2v) is 3.01. The van der Waals surface area contributed by atoms with Gasteiger partial charge in [-0.15, -0.1) is 0 Å². The fraction of sp³-hybridized carbons (Fsp3) is 0.375. The molecule has 2 rings (SSSR count). The third-order valence-corrected chi connectivity index (χ3v) is 1.97. The zero-order chi connectivity index (χ0) is 9.97. The van der Waals surface area contributed by atoms with E-state index in [9.17, 15) is 0 Å². The van der Waals surface area contributed by atoms with Gasteiger partial charge in [0.25, 0.3) is 0 Å². The molecule has 6 nitrogen and oxygen atoms in total. The molecule has 0 aromatic carbocycles. The molecule has 2 N–H and O–H groups in total. The smallest absolute Gasteiger partial charge is 0.104 e. The first kappa shape index (κ1) is 8.89. The number of aromatic nitrogens is 5. The van der Waals surface area contributed by atoms with Crippen LogP contribution in [-0.2, 0) is 20.1 Å². The van der Waals surface area contributed by atoms with E-state index in [1.807, 2.05) is 10.7 Å². The van der Waals surface area contributed by atoms with Crippen LogP contribution < -0.4 is 5.73 Å². The molecular weight excluding hydrogens is 180 g/mol. The molecule has 14 heavy (non-hydrogen) atoms. The van der Waals surface area contributed by atoms with Crippen LogP contribution in [0.2, 0.25) is 0 Å². The molecule has 0 fully saturated rings. The van der Waals surface area contributed by atoms with Gasteiger partial charge < -0.3 is 5.73 Å². The topological polar surface area (TPSA) is 74.5 Å². The Balaban J connectivity index is 2.18. The van der Waals surface area contributed by atoms with Crippen molar-refractivity contribution in [3.63, 3.8) is 0 Å². The van der Waals surface area contributed by atoms with Crippen molar-refractivity contribution in [3.05, 3.63) is 29.8 Å². The number of nitrogens with zero attached hydrogens (tertiary/aromatic N) is 5. The predicted molar refractivity (Wildman–Crippen MR) is 50.2 cm³/mol. The highest BCUT2D eigenvalue weighted by Gasteiger charge is 2.03. The van der Waals surface area contributed by atoms with E-state index >= 15 is 0 Å². The number of nitrogens with two attached hydrogens (primary N) is 1. The van der Waals surface area contributed by atoms with Gasteiger partial charge in [-0.2, -0.15) is 20.1 Å². The summed E-state index contributed by atoms with van der Waals surface area (Å²) in [5.74, 6) is 0. The maximum atomic E-state index is 5.55. The van der Waals surface area contributed by atoms with E-state index in [1.165, 1.54) is 4.80 Å². The number of hydrogen-bond acceptors (Lipinski definition) is 4. The van der Waals surface area contributed by atoms with Crippen molar-refractivity contribution in [1.82, 2.24) is 24.8 Å². The zero-order valence-corrected chi connectivity index (χ0v) is 7.96. The summed E-state index contributed by atoms with van der Waals surface area (Å²) in [4.78, 5) is 1.53. The Morgan fingerprint density at radius 2 is 2.29 bits per heavy atom. The summed E-state index contributed by atoms with van der Waals surface area (Å²) < 4.78 is 1.82. The maximum Gasteiger partial charge on any atom is 0.104 e. The molecule has 0 spiro atoms. The first-order valence-corrected chi connectivity index (χ1v) is 4.35. The molecule has 74 valence electrons. The van der Waals surface area contributed by atoms with Crippen molar-refractivity contribution in [2.45, 2.75) is 13.1 Å². The maximum absolute atomic E-state index is 5.55. The Morgan fingerprint density at radius 1 is 1.43 bits per heavy atom. The quantitative estimate of drug-likeness (QED) is 0.712. The van der Waals surface area contributed by atoms with Crippen LogP contribution in [0.25, 0.3) is 0 Å². The minimum Gasteiger partial charge on any atom is -0.325 e. The Kier molecular flexibility index (Phi) is 2.28. The second-order valence-electron chi connectivity index (χ2n) is 3.01. The first-order valence-electron chi connectivity index (χ1n) is 4.35. The molecular formula is C8H12N6. The van der Waals surface area contributed by atoms with Gasteiger partial charge in [0.15, 0.2) is 0 Å². The minimum absolute atomic E-state index is 0.486. The fourth-order valence-electron chi connectivity index (χ4n) is 1.29. The summed E-state index contributed by atoms with van der Waals surface area (Å²) in [5, 5.41) is 12.3. The van der Waals surface area contributed by atoms with Crippen LogP contribution in [0.15, 0.2) is 18.5 Å². The molecule has 0 radical (unpaired) electrons. The predicted octanol–water partition coefficient (Wildman–Crippen LogP) is -0.481. The summed E-state index contributed by atoms with van der Waals surface area (Å²) in [6.45, 7) is 1.10. The van der Waals surface area contributed by atoms with E-state index in [-0.39, 0.29) is 0 Å². The van der Waals surface area contributed by atoms with E-state index in [4.69, 9.17) is 5.73 Å².